The molecule has 4 nitrogen and oxygen atoms in total. The van der Waals surface area contributed by atoms with Gasteiger partial charge in [0.25, 0.3) is 0 Å². The lowest BCUT2D eigenvalue weighted by Gasteiger charge is -2.19. The Kier molecular flexibility index (Phi) is 2.83. The SMILES string of the molecule is N#Cc1cnc(NC2(c3c(F)cccc3F)CC2)nc1. The number of hydrogen-bond donors (Lipinski definition) is 1. The molecule has 1 aliphatic carbocycles. The van der Waals surface area contributed by atoms with Gasteiger partial charge >= 0.3 is 0 Å². The van der Waals surface area contributed by atoms with Crippen molar-refractivity contribution in [1.82, 2.24) is 9.97 Å². The number of halogens is 2. The average molecular weight is 272 g/mol. The highest BCUT2D eigenvalue weighted by molar-refractivity contribution is 5.44. The second-order valence-electron chi connectivity index (χ2n) is 4.71. The summed E-state index contributed by atoms with van der Waals surface area (Å²) in [5.74, 6) is -0.906. The normalized spacial score (nSPS) is 15.4. The molecule has 0 amide bonds. The Morgan fingerprint density at radius 2 is 1.75 bits per heavy atom. The molecule has 2 aromatic rings. The molecular weight excluding hydrogens is 262 g/mol. The fourth-order valence-corrected chi connectivity index (χ4v) is 2.18. The number of rotatable bonds is 3. The lowest BCUT2D eigenvalue weighted by molar-refractivity contribution is 0.531. The predicted molar refractivity (Wildman–Crippen MR) is 67.6 cm³/mol. The van der Waals surface area contributed by atoms with Gasteiger partial charge < -0.3 is 5.32 Å². The maximum atomic E-state index is 13.8. The smallest absolute Gasteiger partial charge is 0.223 e. The standard InChI is InChI=1S/C14H10F2N4/c15-10-2-1-3-11(16)12(10)14(4-5-14)20-13-18-7-9(6-17)8-19-13/h1-3,7-8H,4-5H2,(H,18,19,20). The van der Waals surface area contributed by atoms with Crippen LogP contribution in [-0.4, -0.2) is 9.97 Å². The summed E-state index contributed by atoms with van der Waals surface area (Å²) in [6.45, 7) is 0. The zero-order valence-corrected chi connectivity index (χ0v) is 10.4. The van der Waals surface area contributed by atoms with Crippen LogP contribution in [0, 0.1) is 23.0 Å². The van der Waals surface area contributed by atoms with Crippen molar-refractivity contribution in [3.05, 3.63) is 53.4 Å². The maximum Gasteiger partial charge on any atom is 0.223 e. The fourth-order valence-electron chi connectivity index (χ4n) is 2.18. The van der Waals surface area contributed by atoms with Gasteiger partial charge in [0.1, 0.15) is 17.7 Å². The third kappa shape index (κ3) is 2.07. The summed E-state index contributed by atoms with van der Waals surface area (Å²) in [6, 6.07) is 5.72. The monoisotopic (exact) mass is 272 g/mol. The van der Waals surface area contributed by atoms with E-state index in [1.165, 1.54) is 30.6 Å². The highest BCUT2D eigenvalue weighted by atomic mass is 19.1. The van der Waals surface area contributed by atoms with E-state index in [0.29, 0.717) is 18.4 Å². The molecule has 1 heterocycles. The molecule has 1 aliphatic rings. The van der Waals surface area contributed by atoms with Gasteiger partial charge in [-0.3, -0.25) is 0 Å². The molecule has 3 rings (SSSR count). The summed E-state index contributed by atoms with van der Waals surface area (Å²) >= 11 is 0. The topological polar surface area (TPSA) is 61.6 Å². The fraction of sp³-hybridized carbons (Fsp3) is 0.214. The van der Waals surface area contributed by atoms with Crippen molar-refractivity contribution in [1.29, 1.82) is 5.26 Å². The molecule has 1 aromatic carbocycles. The van der Waals surface area contributed by atoms with Crippen LogP contribution in [0.15, 0.2) is 30.6 Å². The molecule has 1 saturated carbocycles. The third-order valence-corrected chi connectivity index (χ3v) is 3.32. The summed E-state index contributed by atoms with van der Waals surface area (Å²) in [4.78, 5) is 7.94. The van der Waals surface area contributed by atoms with Gasteiger partial charge in [-0.1, -0.05) is 6.07 Å². The molecule has 6 heteroatoms. The lowest BCUT2D eigenvalue weighted by Crippen LogP contribution is -2.23. The minimum atomic E-state index is -0.788. The first-order chi connectivity index (χ1) is 9.64. The number of hydrogen-bond acceptors (Lipinski definition) is 4. The van der Waals surface area contributed by atoms with E-state index in [0.717, 1.165) is 0 Å². The zero-order chi connectivity index (χ0) is 14.2. The van der Waals surface area contributed by atoms with Gasteiger partial charge in [-0.15, -0.1) is 0 Å². The highest BCUT2D eigenvalue weighted by Crippen LogP contribution is 2.49. The molecule has 100 valence electrons. The van der Waals surface area contributed by atoms with Crippen LogP contribution >= 0.6 is 0 Å². The van der Waals surface area contributed by atoms with Crippen molar-refractivity contribution >= 4 is 5.95 Å². The minimum Gasteiger partial charge on any atom is -0.344 e. The summed E-state index contributed by atoms with van der Waals surface area (Å²) < 4.78 is 27.7. The van der Waals surface area contributed by atoms with Gasteiger partial charge in [0, 0.05) is 5.56 Å². The summed E-state index contributed by atoms with van der Waals surface area (Å²) in [5, 5.41) is 11.6. The molecule has 0 aliphatic heterocycles. The Balaban J connectivity index is 1.91. The van der Waals surface area contributed by atoms with Crippen molar-refractivity contribution in [2.24, 2.45) is 0 Å². The number of benzene rings is 1. The molecule has 0 bridgehead atoms. The first kappa shape index (κ1) is 12.5. The Morgan fingerprint density at radius 3 is 2.25 bits per heavy atom. The van der Waals surface area contributed by atoms with E-state index < -0.39 is 17.2 Å². The minimum absolute atomic E-state index is 0.0213. The zero-order valence-electron chi connectivity index (χ0n) is 10.4. The second kappa shape index (κ2) is 4.53. The number of aromatic nitrogens is 2. The molecule has 0 unspecified atom stereocenters. The van der Waals surface area contributed by atoms with Crippen molar-refractivity contribution in [3.8, 4) is 6.07 Å². The maximum absolute atomic E-state index is 13.8. The van der Waals surface area contributed by atoms with Gasteiger partial charge in [0.2, 0.25) is 5.95 Å². The van der Waals surface area contributed by atoms with Crippen molar-refractivity contribution in [3.63, 3.8) is 0 Å². The second-order valence-corrected chi connectivity index (χ2v) is 4.71. The van der Waals surface area contributed by atoms with E-state index in [1.807, 2.05) is 6.07 Å². The number of anilines is 1. The molecular formula is C14H10F2N4. The Morgan fingerprint density at radius 1 is 1.15 bits per heavy atom. The van der Waals surface area contributed by atoms with Crippen LogP contribution in [0.3, 0.4) is 0 Å². The van der Waals surface area contributed by atoms with Crippen LogP contribution in [0.2, 0.25) is 0 Å². The van der Waals surface area contributed by atoms with E-state index in [2.05, 4.69) is 15.3 Å². The van der Waals surface area contributed by atoms with Crippen LogP contribution in [0.5, 0.6) is 0 Å². The predicted octanol–water partition coefficient (Wildman–Crippen LogP) is 2.73. The molecule has 0 radical (unpaired) electrons. The average Bonchev–Trinajstić information content (AvgIpc) is 3.20. The van der Waals surface area contributed by atoms with Gasteiger partial charge in [0.05, 0.1) is 23.5 Å². The van der Waals surface area contributed by atoms with Gasteiger partial charge in [0.15, 0.2) is 0 Å². The van der Waals surface area contributed by atoms with E-state index in [1.54, 1.807) is 0 Å². The summed E-state index contributed by atoms with van der Waals surface area (Å²) in [6.07, 6.45) is 3.94. The molecule has 0 atom stereocenters. The Bertz CT molecular complexity index is 667. The molecule has 1 N–H and O–H groups in total. The molecule has 1 fully saturated rings. The highest BCUT2D eigenvalue weighted by Gasteiger charge is 2.48. The van der Waals surface area contributed by atoms with E-state index in [4.69, 9.17) is 5.26 Å². The third-order valence-electron chi connectivity index (χ3n) is 3.32. The number of nitriles is 1. The van der Waals surface area contributed by atoms with Crippen molar-refractivity contribution in [2.45, 2.75) is 18.4 Å². The Hall–Kier alpha value is -2.55. The largest absolute Gasteiger partial charge is 0.344 e. The molecule has 0 saturated heterocycles. The van der Waals surface area contributed by atoms with Crippen LogP contribution in [0.25, 0.3) is 0 Å². The van der Waals surface area contributed by atoms with E-state index >= 15 is 0 Å². The quantitative estimate of drug-likeness (QED) is 0.933. The van der Waals surface area contributed by atoms with E-state index in [9.17, 15) is 8.78 Å². The number of nitrogens with zero attached hydrogens (tertiary/aromatic N) is 3. The van der Waals surface area contributed by atoms with Crippen molar-refractivity contribution in [2.75, 3.05) is 5.32 Å². The van der Waals surface area contributed by atoms with Crippen LogP contribution in [-0.2, 0) is 5.54 Å². The first-order valence-electron chi connectivity index (χ1n) is 6.09. The van der Waals surface area contributed by atoms with Gasteiger partial charge in [-0.25, -0.2) is 18.7 Å². The molecule has 20 heavy (non-hydrogen) atoms. The van der Waals surface area contributed by atoms with Crippen LogP contribution < -0.4 is 5.32 Å². The molecule has 0 spiro atoms. The van der Waals surface area contributed by atoms with Gasteiger partial charge in [-0.2, -0.15) is 5.26 Å². The first-order valence-corrected chi connectivity index (χ1v) is 6.09. The van der Waals surface area contributed by atoms with E-state index in [-0.39, 0.29) is 11.5 Å². The lowest BCUT2D eigenvalue weighted by atomic mass is 10.0. The van der Waals surface area contributed by atoms with Gasteiger partial charge in [-0.05, 0) is 25.0 Å². The summed E-state index contributed by atoms with van der Waals surface area (Å²) in [5.41, 5.74) is -0.436. The summed E-state index contributed by atoms with van der Waals surface area (Å²) in [7, 11) is 0. The van der Waals surface area contributed by atoms with Crippen molar-refractivity contribution < 1.29 is 8.78 Å². The Labute approximate surface area is 114 Å². The number of nitrogens with one attached hydrogen (secondary N) is 1. The molecule has 1 aromatic heterocycles. The van der Waals surface area contributed by atoms with Crippen LogP contribution in [0.1, 0.15) is 24.0 Å². The van der Waals surface area contributed by atoms with Crippen LogP contribution in [0.4, 0.5) is 14.7 Å².